The standard InChI is InChI=1S/C22H21N5O3S/c1-14-4-6-15(7-5-14)22-25-24-19-10-11-21(26-27(19)22)31-13-20(28)23-17-12-16(29-2)8-9-18(17)30-3/h4-12H,13H2,1-3H3,(H,23,28). The maximum absolute atomic E-state index is 12.5. The van der Waals surface area contributed by atoms with Crippen LogP contribution in [0, 0.1) is 6.92 Å². The van der Waals surface area contributed by atoms with Crippen LogP contribution in [0.25, 0.3) is 17.0 Å². The van der Waals surface area contributed by atoms with Gasteiger partial charge in [0.2, 0.25) is 5.91 Å². The number of amides is 1. The fourth-order valence-electron chi connectivity index (χ4n) is 2.97. The Kier molecular flexibility index (Phi) is 6.03. The van der Waals surface area contributed by atoms with Crippen molar-refractivity contribution < 1.29 is 14.3 Å². The fraction of sp³-hybridized carbons (Fsp3) is 0.182. The van der Waals surface area contributed by atoms with Gasteiger partial charge in [0.25, 0.3) is 0 Å². The molecule has 0 aliphatic carbocycles. The molecular weight excluding hydrogens is 414 g/mol. The van der Waals surface area contributed by atoms with Crippen molar-refractivity contribution in [2.24, 2.45) is 0 Å². The maximum Gasteiger partial charge on any atom is 0.234 e. The lowest BCUT2D eigenvalue weighted by molar-refractivity contribution is -0.113. The Hall–Kier alpha value is -3.59. The molecule has 9 heteroatoms. The first-order valence-electron chi connectivity index (χ1n) is 9.51. The van der Waals surface area contributed by atoms with Crippen molar-refractivity contribution in [3.63, 3.8) is 0 Å². The molecule has 0 unspecified atom stereocenters. The zero-order valence-electron chi connectivity index (χ0n) is 17.3. The first-order chi connectivity index (χ1) is 15.1. The Bertz CT molecular complexity index is 1220. The van der Waals surface area contributed by atoms with Crippen molar-refractivity contribution in [1.29, 1.82) is 0 Å². The van der Waals surface area contributed by atoms with Gasteiger partial charge < -0.3 is 14.8 Å². The number of anilines is 1. The van der Waals surface area contributed by atoms with Gasteiger partial charge in [0.05, 0.1) is 25.7 Å². The monoisotopic (exact) mass is 435 g/mol. The third kappa shape index (κ3) is 4.61. The highest BCUT2D eigenvalue weighted by atomic mass is 32.2. The summed E-state index contributed by atoms with van der Waals surface area (Å²) in [6.45, 7) is 2.03. The third-order valence-corrected chi connectivity index (χ3v) is 5.50. The highest BCUT2D eigenvalue weighted by Crippen LogP contribution is 2.29. The van der Waals surface area contributed by atoms with E-state index in [-0.39, 0.29) is 11.7 Å². The van der Waals surface area contributed by atoms with Gasteiger partial charge in [0.15, 0.2) is 11.5 Å². The van der Waals surface area contributed by atoms with Gasteiger partial charge in [-0.15, -0.1) is 10.2 Å². The topological polar surface area (TPSA) is 90.6 Å². The number of aromatic nitrogens is 4. The number of thioether (sulfide) groups is 1. The lowest BCUT2D eigenvalue weighted by Gasteiger charge is -2.11. The molecule has 1 amide bonds. The van der Waals surface area contributed by atoms with E-state index in [2.05, 4.69) is 20.6 Å². The molecule has 0 saturated carbocycles. The number of nitrogens with one attached hydrogen (secondary N) is 1. The van der Waals surface area contributed by atoms with E-state index in [0.29, 0.717) is 33.7 Å². The second-order valence-electron chi connectivity index (χ2n) is 6.73. The van der Waals surface area contributed by atoms with Crippen molar-refractivity contribution in [2.45, 2.75) is 11.9 Å². The zero-order chi connectivity index (χ0) is 21.8. The Morgan fingerprint density at radius 3 is 2.58 bits per heavy atom. The summed E-state index contributed by atoms with van der Waals surface area (Å²) in [5.74, 6) is 1.85. The number of aryl methyl sites for hydroxylation is 1. The molecule has 8 nitrogen and oxygen atoms in total. The molecule has 0 radical (unpaired) electrons. The maximum atomic E-state index is 12.5. The van der Waals surface area contributed by atoms with Crippen LogP contribution in [0.4, 0.5) is 5.69 Å². The Balaban J connectivity index is 1.48. The van der Waals surface area contributed by atoms with Gasteiger partial charge in [0, 0.05) is 11.6 Å². The smallest absolute Gasteiger partial charge is 0.234 e. The third-order valence-electron chi connectivity index (χ3n) is 4.58. The Labute approximate surface area is 183 Å². The molecule has 0 aliphatic rings. The first kappa shape index (κ1) is 20.7. The average Bonchev–Trinajstić information content (AvgIpc) is 3.21. The molecule has 0 fully saturated rings. The van der Waals surface area contributed by atoms with Gasteiger partial charge in [-0.3, -0.25) is 4.79 Å². The van der Waals surface area contributed by atoms with Gasteiger partial charge >= 0.3 is 0 Å². The molecule has 1 N–H and O–H groups in total. The number of carbonyl (C=O) groups is 1. The summed E-state index contributed by atoms with van der Waals surface area (Å²) >= 11 is 1.32. The van der Waals surface area contributed by atoms with Crippen molar-refractivity contribution in [2.75, 3.05) is 25.3 Å². The number of hydrogen-bond donors (Lipinski definition) is 1. The van der Waals surface area contributed by atoms with E-state index in [1.54, 1.807) is 36.9 Å². The summed E-state index contributed by atoms with van der Waals surface area (Å²) in [4.78, 5) is 12.5. The normalized spacial score (nSPS) is 10.8. The zero-order valence-corrected chi connectivity index (χ0v) is 18.1. The summed E-state index contributed by atoms with van der Waals surface area (Å²) in [6.07, 6.45) is 0. The number of methoxy groups -OCH3 is 2. The summed E-state index contributed by atoms with van der Waals surface area (Å²) in [7, 11) is 3.12. The molecule has 4 rings (SSSR count). The number of fused-ring (bicyclic) bond motifs is 1. The largest absolute Gasteiger partial charge is 0.497 e. The van der Waals surface area contributed by atoms with Crippen LogP contribution in [-0.2, 0) is 4.79 Å². The van der Waals surface area contributed by atoms with Gasteiger partial charge in [-0.25, -0.2) is 0 Å². The van der Waals surface area contributed by atoms with Gasteiger partial charge in [-0.05, 0) is 31.2 Å². The highest BCUT2D eigenvalue weighted by molar-refractivity contribution is 7.99. The Morgan fingerprint density at radius 1 is 1.03 bits per heavy atom. The summed E-state index contributed by atoms with van der Waals surface area (Å²) in [5, 5.41) is 16.6. The van der Waals surface area contributed by atoms with E-state index < -0.39 is 0 Å². The lowest BCUT2D eigenvalue weighted by Crippen LogP contribution is -2.15. The van der Waals surface area contributed by atoms with Crippen LogP contribution in [0.3, 0.4) is 0 Å². The molecule has 0 atom stereocenters. The van der Waals surface area contributed by atoms with E-state index in [0.717, 1.165) is 5.56 Å². The van der Waals surface area contributed by atoms with E-state index in [1.807, 2.05) is 43.3 Å². The minimum absolute atomic E-state index is 0.180. The minimum atomic E-state index is -0.180. The van der Waals surface area contributed by atoms with Gasteiger partial charge in [0.1, 0.15) is 16.5 Å². The van der Waals surface area contributed by atoms with E-state index in [1.165, 1.54) is 17.3 Å². The number of ether oxygens (including phenoxy) is 2. The van der Waals surface area contributed by atoms with Crippen LogP contribution in [0.2, 0.25) is 0 Å². The van der Waals surface area contributed by atoms with Crippen LogP contribution < -0.4 is 14.8 Å². The predicted octanol–water partition coefficient (Wildman–Crippen LogP) is 3.85. The van der Waals surface area contributed by atoms with Gasteiger partial charge in [-0.2, -0.15) is 9.61 Å². The average molecular weight is 436 g/mol. The molecule has 4 aromatic rings. The first-order valence-corrected chi connectivity index (χ1v) is 10.5. The molecule has 0 bridgehead atoms. The number of benzene rings is 2. The van der Waals surface area contributed by atoms with Gasteiger partial charge in [-0.1, -0.05) is 41.6 Å². The van der Waals surface area contributed by atoms with Crippen LogP contribution in [0.15, 0.2) is 59.6 Å². The summed E-state index contributed by atoms with van der Waals surface area (Å²) in [6, 6.07) is 16.9. The fourth-order valence-corrected chi connectivity index (χ4v) is 3.62. The lowest BCUT2D eigenvalue weighted by atomic mass is 10.1. The van der Waals surface area contributed by atoms with Crippen LogP contribution in [-0.4, -0.2) is 45.7 Å². The second-order valence-corrected chi connectivity index (χ2v) is 7.73. The van der Waals surface area contributed by atoms with Crippen LogP contribution in [0.5, 0.6) is 11.5 Å². The van der Waals surface area contributed by atoms with E-state index >= 15 is 0 Å². The number of hydrogen-bond acceptors (Lipinski definition) is 7. The van der Waals surface area contributed by atoms with E-state index in [4.69, 9.17) is 9.47 Å². The number of nitrogens with zero attached hydrogens (tertiary/aromatic N) is 4. The predicted molar refractivity (Wildman–Crippen MR) is 120 cm³/mol. The molecule has 158 valence electrons. The van der Waals surface area contributed by atoms with Crippen molar-refractivity contribution in [3.05, 3.63) is 60.2 Å². The molecule has 31 heavy (non-hydrogen) atoms. The molecule has 0 aliphatic heterocycles. The summed E-state index contributed by atoms with van der Waals surface area (Å²) in [5.41, 5.74) is 3.29. The SMILES string of the molecule is COc1ccc(OC)c(NC(=O)CSc2ccc3nnc(-c4ccc(C)cc4)n3n2)c1. The number of carbonyl (C=O) groups excluding carboxylic acids is 1. The second kappa shape index (κ2) is 9.05. The quantitative estimate of drug-likeness (QED) is 0.441. The molecule has 0 saturated heterocycles. The molecule has 2 aromatic carbocycles. The minimum Gasteiger partial charge on any atom is -0.497 e. The molecular formula is C22H21N5O3S. The molecule has 2 aromatic heterocycles. The van der Waals surface area contributed by atoms with E-state index in [9.17, 15) is 4.79 Å². The van der Waals surface area contributed by atoms with Crippen molar-refractivity contribution in [1.82, 2.24) is 19.8 Å². The molecule has 0 spiro atoms. The number of rotatable bonds is 7. The molecule has 2 heterocycles. The summed E-state index contributed by atoms with van der Waals surface area (Å²) < 4.78 is 12.2. The van der Waals surface area contributed by atoms with Crippen LogP contribution in [0.1, 0.15) is 5.56 Å². The Morgan fingerprint density at radius 2 is 1.84 bits per heavy atom. The van der Waals surface area contributed by atoms with Crippen LogP contribution >= 0.6 is 11.8 Å². The van der Waals surface area contributed by atoms with Crippen molar-refractivity contribution in [3.8, 4) is 22.9 Å². The highest BCUT2D eigenvalue weighted by Gasteiger charge is 2.13. The van der Waals surface area contributed by atoms with Crippen molar-refractivity contribution >= 4 is 29.0 Å².